The molecule has 154 valence electrons. The summed E-state index contributed by atoms with van der Waals surface area (Å²) >= 11 is 0. The number of unbranched alkanes of at least 4 members (excludes halogenated alkanes) is 1. The van der Waals surface area contributed by atoms with Gasteiger partial charge in [0.1, 0.15) is 24.4 Å². The van der Waals surface area contributed by atoms with Gasteiger partial charge in [-0.15, -0.1) is 0 Å². The predicted molar refractivity (Wildman–Crippen MR) is 96.2 cm³/mol. The number of H-pyrrole nitrogens is 1. The zero-order chi connectivity index (χ0) is 19.9. The van der Waals surface area contributed by atoms with Crippen LogP contribution in [0, 0.1) is 0 Å². The Balaban J connectivity index is 1.66. The maximum atomic E-state index is 11.9. The molecular formula is C16H22N4O7S. The van der Waals surface area contributed by atoms with E-state index in [1.807, 2.05) is 6.92 Å². The lowest BCUT2D eigenvalue weighted by molar-refractivity contribution is -0.183. The first-order valence-corrected chi connectivity index (χ1v) is 10.8. The zero-order valence-electron chi connectivity index (χ0n) is 15.5. The van der Waals surface area contributed by atoms with Crippen LogP contribution in [-0.4, -0.2) is 71.8 Å². The van der Waals surface area contributed by atoms with Gasteiger partial charge in [0, 0.05) is 6.61 Å². The van der Waals surface area contributed by atoms with Crippen molar-refractivity contribution < 1.29 is 26.8 Å². The van der Waals surface area contributed by atoms with E-state index in [1.54, 1.807) is 4.57 Å². The van der Waals surface area contributed by atoms with E-state index in [4.69, 9.17) is 18.4 Å². The summed E-state index contributed by atoms with van der Waals surface area (Å²) in [6.07, 6.45) is 3.81. The van der Waals surface area contributed by atoms with Crippen molar-refractivity contribution in [3.05, 3.63) is 23.0 Å². The highest BCUT2D eigenvalue weighted by Gasteiger charge is 2.63. The summed E-state index contributed by atoms with van der Waals surface area (Å²) in [6, 6.07) is 0. The van der Waals surface area contributed by atoms with Gasteiger partial charge in [-0.05, 0) is 6.42 Å². The van der Waals surface area contributed by atoms with Crippen LogP contribution in [0.4, 0.5) is 0 Å². The van der Waals surface area contributed by atoms with Crippen molar-refractivity contribution in [3.63, 3.8) is 0 Å². The third-order valence-electron chi connectivity index (χ3n) is 4.93. The van der Waals surface area contributed by atoms with E-state index in [9.17, 15) is 13.2 Å². The second-order valence-electron chi connectivity index (χ2n) is 7.02. The fraction of sp³-hybridized carbons (Fsp3) is 0.688. The Morgan fingerprint density at radius 1 is 1.43 bits per heavy atom. The summed E-state index contributed by atoms with van der Waals surface area (Å²) in [5.74, 6) is 0. The number of hydrogen-bond donors (Lipinski definition) is 1. The van der Waals surface area contributed by atoms with Gasteiger partial charge in [0.25, 0.3) is 15.7 Å². The minimum atomic E-state index is -3.67. The Labute approximate surface area is 161 Å². The molecule has 0 saturated carbocycles. The lowest BCUT2D eigenvalue weighted by Crippen LogP contribution is -2.46. The molecule has 12 heteroatoms. The molecule has 0 spiro atoms. The monoisotopic (exact) mass is 414 g/mol. The average molecular weight is 414 g/mol. The molecule has 2 aromatic heterocycles. The first kappa shape index (κ1) is 19.5. The van der Waals surface area contributed by atoms with Crippen LogP contribution in [-0.2, 0) is 28.5 Å². The molecule has 2 aliphatic heterocycles. The third-order valence-corrected chi connectivity index (χ3v) is 5.47. The topological polar surface area (TPSA) is 135 Å². The molecule has 4 rings (SSSR count). The van der Waals surface area contributed by atoms with Gasteiger partial charge in [-0.3, -0.25) is 13.5 Å². The second-order valence-corrected chi connectivity index (χ2v) is 8.66. The number of aromatic nitrogens is 4. The van der Waals surface area contributed by atoms with E-state index in [0.717, 1.165) is 19.1 Å². The smallest absolute Gasteiger partial charge is 0.278 e. The third kappa shape index (κ3) is 3.35. The normalized spacial score (nSPS) is 29.7. The molecule has 2 aliphatic rings. The molecule has 0 aliphatic carbocycles. The van der Waals surface area contributed by atoms with Gasteiger partial charge in [-0.1, -0.05) is 13.3 Å². The SMILES string of the molecule is CCCCOC1[C@@H]2OC[C@]1(COS(C)(=O)=O)O[C@H]2n1cnc2c(=O)[nH]cnc21. The molecule has 1 unspecified atom stereocenters. The predicted octanol–water partition coefficient (Wildman–Crippen LogP) is -0.0525. The number of nitrogens with one attached hydrogen (secondary N) is 1. The van der Waals surface area contributed by atoms with E-state index in [1.165, 1.54) is 12.7 Å². The van der Waals surface area contributed by atoms with Gasteiger partial charge in [-0.25, -0.2) is 9.97 Å². The average Bonchev–Trinajstić information content (AvgIpc) is 3.30. The Morgan fingerprint density at radius 2 is 2.25 bits per heavy atom. The van der Waals surface area contributed by atoms with E-state index >= 15 is 0 Å². The number of fused-ring (bicyclic) bond motifs is 3. The number of ether oxygens (including phenoxy) is 3. The highest BCUT2D eigenvalue weighted by molar-refractivity contribution is 7.85. The van der Waals surface area contributed by atoms with Crippen molar-refractivity contribution in [1.82, 2.24) is 19.5 Å². The first-order chi connectivity index (χ1) is 13.3. The van der Waals surface area contributed by atoms with Crippen molar-refractivity contribution >= 4 is 21.3 Å². The number of rotatable bonds is 8. The Bertz CT molecular complexity index is 1020. The minimum Gasteiger partial charge on any atom is -0.372 e. The van der Waals surface area contributed by atoms with Crippen LogP contribution in [0.1, 0.15) is 26.0 Å². The number of imidazole rings is 1. The Hall–Kier alpha value is -1.86. The van der Waals surface area contributed by atoms with E-state index in [2.05, 4.69) is 15.0 Å². The van der Waals surface area contributed by atoms with Crippen molar-refractivity contribution in [3.8, 4) is 0 Å². The van der Waals surface area contributed by atoms with E-state index < -0.39 is 34.2 Å². The summed E-state index contributed by atoms with van der Waals surface area (Å²) in [5, 5.41) is 0. The maximum absolute atomic E-state index is 11.9. The minimum absolute atomic E-state index is 0.140. The fourth-order valence-corrected chi connectivity index (χ4v) is 3.99. The second kappa shape index (κ2) is 7.19. The number of hydrogen-bond acceptors (Lipinski definition) is 9. The van der Waals surface area contributed by atoms with Crippen molar-refractivity contribution in [1.29, 1.82) is 0 Å². The first-order valence-electron chi connectivity index (χ1n) is 9.00. The van der Waals surface area contributed by atoms with Crippen LogP contribution < -0.4 is 5.56 Å². The summed E-state index contributed by atoms with van der Waals surface area (Å²) in [4.78, 5) is 22.7. The van der Waals surface area contributed by atoms with E-state index in [0.29, 0.717) is 12.3 Å². The molecule has 4 heterocycles. The van der Waals surface area contributed by atoms with Crippen LogP contribution in [0.3, 0.4) is 0 Å². The van der Waals surface area contributed by atoms with Gasteiger partial charge in [0.2, 0.25) is 0 Å². The zero-order valence-corrected chi connectivity index (χ0v) is 16.3. The maximum Gasteiger partial charge on any atom is 0.278 e. The fourth-order valence-electron chi connectivity index (χ4n) is 3.58. The lowest BCUT2D eigenvalue weighted by atomic mass is 10.00. The summed E-state index contributed by atoms with van der Waals surface area (Å²) in [6.45, 7) is 2.45. The van der Waals surface area contributed by atoms with Crippen molar-refractivity contribution in [2.24, 2.45) is 0 Å². The number of aromatic amines is 1. The molecule has 11 nitrogen and oxygen atoms in total. The molecule has 2 saturated heterocycles. The molecule has 0 aromatic carbocycles. The van der Waals surface area contributed by atoms with Gasteiger partial charge in [-0.2, -0.15) is 8.42 Å². The van der Waals surface area contributed by atoms with Gasteiger partial charge < -0.3 is 19.2 Å². The molecule has 0 radical (unpaired) electrons. The van der Waals surface area contributed by atoms with Crippen LogP contribution in [0.5, 0.6) is 0 Å². The Morgan fingerprint density at radius 3 is 3.00 bits per heavy atom. The largest absolute Gasteiger partial charge is 0.372 e. The molecule has 2 bridgehead atoms. The van der Waals surface area contributed by atoms with Crippen LogP contribution in [0.25, 0.3) is 11.2 Å². The standard InChI is InChI=1S/C16H22N4O7S/c1-3-4-5-24-12-11-15(20-9-19-10-13(20)17-8-18-14(10)21)27-16(12,6-25-11)7-26-28(2,22)23/h8-9,11-12,15H,3-7H2,1-2H3,(H,17,18,21)/t11-,12?,15+,16+/m0/s1. The van der Waals surface area contributed by atoms with Crippen LogP contribution >= 0.6 is 0 Å². The quantitative estimate of drug-likeness (QED) is 0.466. The summed E-state index contributed by atoms with van der Waals surface area (Å²) < 4.78 is 47.8. The van der Waals surface area contributed by atoms with Gasteiger partial charge in [0.15, 0.2) is 17.4 Å². The highest BCUT2D eigenvalue weighted by atomic mass is 32.2. The van der Waals surface area contributed by atoms with Crippen molar-refractivity contribution in [2.45, 2.75) is 43.8 Å². The molecule has 28 heavy (non-hydrogen) atoms. The summed E-state index contributed by atoms with van der Waals surface area (Å²) in [7, 11) is -3.67. The highest BCUT2D eigenvalue weighted by Crippen LogP contribution is 2.47. The van der Waals surface area contributed by atoms with Crippen molar-refractivity contribution in [2.75, 3.05) is 26.1 Å². The molecule has 0 amide bonds. The van der Waals surface area contributed by atoms with E-state index in [-0.39, 0.29) is 24.3 Å². The molecule has 4 atom stereocenters. The molecular weight excluding hydrogens is 392 g/mol. The summed E-state index contributed by atoms with van der Waals surface area (Å²) in [5.41, 5.74) is -0.918. The van der Waals surface area contributed by atoms with Gasteiger partial charge in [0.05, 0.1) is 25.5 Å². The van der Waals surface area contributed by atoms with Crippen LogP contribution in [0.15, 0.2) is 17.4 Å². The molecule has 2 aromatic rings. The molecule has 1 N–H and O–H groups in total. The van der Waals surface area contributed by atoms with Gasteiger partial charge >= 0.3 is 0 Å². The Kier molecular flexibility index (Phi) is 5.00. The number of nitrogens with zero attached hydrogens (tertiary/aromatic N) is 3. The lowest BCUT2D eigenvalue weighted by Gasteiger charge is -2.31. The molecule has 2 fully saturated rings. The van der Waals surface area contributed by atoms with Crippen LogP contribution in [0.2, 0.25) is 0 Å².